The van der Waals surface area contributed by atoms with Gasteiger partial charge in [0.05, 0.1) is 5.69 Å². The molecule has 1 N–H and O–H groups in total. The molecule has 0 bridgehead atoms. The van der Waals surface area contributed by atoms with E-state index < -0.39 is 0 Å². The number of rotatable bonds is 0. The zero-order chi connectivity index (χ0) is 12.9. The first-order chi connectivity index (χ1) is 8.47. The van der Waals surface area contributed by atoms with E-state index in [1.807, 2.05) is 39.1 Å². The van der Waals surface area contributed by atoms with E-state index in [2.05, 4.69) is 9.97 Å². The fraction of sp³-hybridized carbons (Fsp3) is 0.385. The van der Waals surface area contributed by atoms with Gasteiger partial charge >= 0.3 is 6.09 Å². The maximum Gasteiger partial charge on any atom is 0.415 e. The Hall–Kier alpha value is -2.04. The number of carbonyl (C=O) groups is 1. The van der Waals surface area contributed by atoms with Crippen molar-refractivity contribution in [2.75, 3.05) is 4.90 Å². The molecule has 94 valence electrons. The number of amides is 1. The van der Waals surface area contributed by atoms with Crippen LogP contribution in [0.1, 0.15) is 26.5 Å². The van der Waals surface area contributed by atoms with Gasteiger partial charge in [-0.2, -0.15) is 0 Å². The van der Waals surface area contributed by atoms with Crippen LogP contribution in [0.25, 0.3) is 11.0 Å². The van der Waals surface area contributed by atoms with Crippen molar-refractivity contribution in [2.45, 2.75) is 32.9 Å². The zero-order valence-corrected chi connectivity index (χ0v) is 10.7. The zero-order valence-electron chi connectivity index (χ0n) is 10.7. The highest BCUT2D eigenvalue weighted by molar-refractivity contribution is 5.94. The van der Waals surface area contributed by atoms with Gasteiger partial charge in [0, 0.05) is 17.1 Å². The van der Waals surface area contributed by atoms with Crippen molar-refractivity contribution in [3.8, 4) is 0 Å². The summed E-state index contributed by atoms with van der Waals surface area (Å²) in [7, 11) is 0. The molecule has 0 saturated carbocycles. The van der Waals surface area contributed by atoms with Crippen molar-refractivity contribution in [1.29, 1.82) is 0 Å². The molecular formula is C13H15N3O2. The molecule has 3 rings (SSSR count). The maximum atomic E-state index is 11.9. The minimum atomic E-state index is -0.335. The SMILES string of the molecule is CC(C)(C)N1C(=O)OCc2nc3[nH]ccc3cc21. The molecule has 1 aliphatic rings. The first-order valence-corrected chi connectivity index (χ1v) is 5.91. The van der Waals surface area contributed by atoms with E-state index in [1.165, 1.54) is 0 Å². The van der Waals surface area contributed by atoms with E-state index in [-0.39, 0.29) is 18.2 Å². The van der Waals surface area contributed by atoms with Gasteiger partial charge in [0.1, 0.15) is 17.9 Å². The maximum absolute atomic E-state index is 11.9. The number of H-pyrrole nitrogens is 1. The molecule has 1 aliphatic heterocycles. The number of cyclic esters (lactones) is 1. The van der Waals surface area contributed by atoms with Crippen LogP contribution in [0.4, 0.5) is 10.5 Å². The molecule has 0 spiro atoms. The van der Waals surface area contributed by atoms with Crippen molar-refractivity contribution in [3.05, 3.63) is 24.0 Å². The van der Waals surface area contributed by atoms with Crippen LogP contribution in [-0.2, 0) is 11.3 Å². The van der Waals surface area contributed by atoms with Gasteiger partial charge in [-0.1, -0.05) is 0 Å². The molecule has 3 heterocycles. The Morgan fingerprint density at radius 2 is 2.22 bits per heavy atom. The predicted octanol–water partition coefficient (Wildman–Crippen LogP) is 2.82. The van der Waals surface area contributed by atoms with Gasteiger partial charge in [0.2, 0.25) is 0 Å². The average Bonchev–Trinajstić information content (AvgIpc) is 2.71. The second-order valence-corrected chi connectivity index (χ2v) is 5.43. The number of hydrogen-bond donors (Lipinski definition) is 1. The third kappa shape index (κ3) is 1.54. The lowest BCUT2D eigenvalue weighted by molar-refractivity contribution is 0.134. The van der Waals surface area contributed by atoms with Crippen molar-refractivity contribution in [1.82, 2.24) is 9.97 Å². The second kappa shape index (κ2) is 3.48. The molecule has 0 atom stereocenters. The topological polar surface area (TPSA) is 58.2 Å². The summed E-state index contributed by atoms with van der Waals surface area (Å²) in [4.78, 5) is 21.2. The van der Waals surface area contributed by atoms with Crippen molar-refractivity contribution in [3.63, 3.8) is 0 Å². The Morgan fingerprint density at radius 3 is 2.94 bits per heavy atom. The summed E-state index contributed by atoms with van der Waals surface area (Å²) in [5.41, 5.74) is 2.11. The Labute approximate surface area is 105 Å². The fourth-order valence-corrected chi connectivity index (χ4v) is 2.24. The Morgan fingerprint density at radius 1 is 1.44 bits per heavy atom. The molecule has 1 amide bonds. The van der Waals surface area contributed by atoms with E-state index in [9.17, 15) is 4.79 Å². The van der Waals surface area contributed by atoms with Gasteiger partial charge in [-0.25, -0.2) is 9.78 Å². The summed E-state index contributed by atoms with van der Waals surface area (Å²) in [6, 6.07) is 3.93. The van der Waals surface area contributed by atoms with Crippen LogP contribution in [0.5, 0.6) is 0 Å². The molecule has 2 aromatic heterocycles. The molecule has 0 unspecified atom stereocenters. The van der Waals surface area contributed by atoms with E-state index in [4.69, 9.17) is 4.74 Å². The molecule has 0 fully saturated rings. The monoisotopic (exact) mass is 245 g/mol. The molecule has 0 aromatic carbocycles. The van der Waals surface area contributed by atoms with Gasteiger partial charge in [-0.15, -0.1) is 0 Å². The Bertz CT molecular complexity index is 625. The Kier molecular flexibility index (Phi) is 2.14. The first kappa shape index (κ1) is 11.1. The highest BCUT2D eigenvalue weighted by Gasteiger charge is 2.35. The molecule has 0 radical (unpaired) electrons. The molecular weight excluding hydrogens is 230 g/mol. The smallest absolute Gasteiger partial charge is 0.415 e. The van der Waals surface area contributed by atoms with Gasteiger partial charge in [-0.3, -0.25) is 4.90 Å². The first-order valence-electron chi connectivity index (χ1n) is 5.91. The van der Waals surface area contributed by atoms with Crippen molar-refractivity contribution >= 4 is 22.8 Å². The standard InChI is InChI=1S/C13H15N3O2/c1-13(2,3)16-10-6-8-4-5-14-11(8)15-9(10)7-18-12(16)17/h4-6H,7H2,1-3H3,(H,14,15). The lowest BCUT2D eigenvalue weighted by Crippen LogP contribution is -2.48. The fourth-order valence-electron chi connectivity index (χ4n) is 2.24. The van der Waals surface area contributed by atoms with Crippen molar-refractivity contribution in [2.24, 2.45) is 0 Å². The minimum Gasteiger partial charge on any atom is -0.443 e. The van der Waals surface area contributed by atoms with E-state index in [0.29, 0.717) is 0 Å². The number of nitrogens with zero attached hydrogens (tertiary/aromatic N) is 2. The molecule has 18 heavy (non-hydrogen) atoms. The number of aromatic nitrogens is 2. The quantitative estimate of drug-likeness (QED) is 0.776. The number of ether oxygens (including phenoxy) is 1. The normalized spacial score (nSPS) is 15.7. The van der Waals surface area contributed by atoms with Crippen LogP contribution in [0.15, 0.2) is 18.3 Å². The van der Waals surface area contributed by atoms with Crippen LogP contribution in [-0.4, -0.2) is 21.6 Å². The predicted molar refractivity (Wildman–Crippen MR) is 68.5 cm³/mol. The summed E-state index contributed by atoms with van der Waals surface area (Å²) in [6.07, 6.45) is 1.53. The van der Waals surface area contributed by atoms with Gasteiger partial charge in [0.25, 0.3) is 0 Å². The third-order valence-electron chi connectivity index (χ3n) is 3.02. The van der Waals surface area contributed by atoms with Gasteiger partial charge in [-0.05, 0) is 32.9 Å². The molecule has 5 heteroatoms. The number of carbonyl (C=O) groups excluding carboxylic acids is 1. The molecule has 2 aromatic rings. The molecule has 5 nitrogen and oxygen atoms in total. The lowest BCUT2D eigenvalue weighted by Gasteiger charge is -2.38. The second-order valence-electron chi connectivity index (χ2n) is 5.43. The summed E-state index contributed by atoms with van der Waals surface area (Å²) in [5, 5.41) is 0.998. The number of pyridine rings is 1. The summed E-state index contributed by atoms with van der Waals surface area (Å²) >= 11 is 0. The number of fused-ring (bicyclic) bond motifs is 2. The number of nitrogens with one attached hydrogen (secondary N) is 1. The summed E-state index contributed by atoms with van der Waals surface area (Å²) in [6.45, 7) is 6.16. The lowest BCUT2D eigenvalue weighted by atomic mass is 10.0. The summed E-state index contributed by atoms with van der Waals surface area (Å²) in [5.74, 6) is 0. The summed E-state index contributed by atoms with van der Waals surface area (Å²) < 4.78 is 5.18. The van der Waals surface area contributed by atoms with Crippen LogP contribution in [0.3, 0.4) is 0 Å². The highest BCUT2D eigenvalue weighted by atomic mass is 16.6. The Balaban J connectivity index is 2.23. The number of aromatic amines is 1. The van der Waals surface area contributed by atoms with Crippen LogP contribution in [0.2, 0.25) is 0 Å². The average molecular weight is 245 g/mol. The highest BCUT2D eigenvalue weighted by Crippen LogP contribution is 2.33. The molecule has 0 aliphatic carbocycles. The van der Waals surface area contributed by atoms with Crippen LogP contribution in [0, 0.1) is 0 Å². The molecule has 0 saturated heterocycles. The van der Waals surface area contributed by atoms with E-state index >= 15 is 0 Å². The van der Waals surface area contributed by atoms with Gasteiger partial charge in [0.15, 0.2) is 0 Å². The van der Waals surface area contributed by atoms with E-state index in [1.54, 1.807) is 4.90 Å². The van der Waals surface area contributed by atoms with Crippen LogP contribution < -0.4 is 4.90 Å². The number of hydrogen-bond acceptors (Lipinski definition) is 3. The van der Waals surface area contributed by atoms with E-state index in [0.717, 1.165) is 22.4 Å². The van der Waals surface area contributed by atoms with Crippen LogP contribution >= 0.6 is 0 Å². The van der Waals surface area contributed by atoms with Crippen molar-refractivity contribution < 1.29 is 9.53 Å². The van der Waals surface area contributed by atoms with Gasteiger partial charge < -0.3 is 9.72 Å². The largest absolute Gasteiger partial charge is 0.443 e. The minimum absolute atomic E-state index is 0.232. The third-order valence-corrected chi connectivity index (χ3v) is 3.02. The number of anilines is 1.